The van der Waals surface area contributed by atoms with Gasteiger partial charge in [-0.05, 0) is 30.9 Å². The van der Waals surface area contributed by atoms with E-state index in [1.807, 2.05) is 0 Å². The first-order valence-electron chi connectivity index (χ1n) is 7.91. The van der Waals surface area contributed by atoms with E-state index < -0.39 is 0 Å². The third-order valence-electron chi connectivity index (χ3n) is 4.00. The zero-order valence-corrected chi connectivity index (χ0v) is 13.9. The largest absolute Gasteiger partial charge is 0.379 e. The van der Waals surface area contributed by atoms with Gasteiger partial charge in [0.05, 0.1) is 13.2 Å². The Kier molecular flexibility index (Phi) is 5.80. The minimum Gasteiger partial charge on any atom is -0.379 e. The normalized spacial score (nSPS) is 17.4. The van der Waals surface area contributed by atoms with Gasteiger partial charge in [0.1, 0.15) is 0 Å². The molecule has 0 aliphatic carbocycles. The third-order valence-corrected chi connectivity index (χ3v) is 4.00. The zero-order chi connectivity index (χ0) is 15.3. The van der Waals surface area contributed by atoms with Crippen molar-refractivity contribution in [3.63, 3.8) is 0 Å². The van der Waals surface area contributed by atoms with Crippen LogP contribution in [0.3, 0.4) is 0 Å². The van der Waals surface area contributed by atoms with Gasteiger partial charge in [-0.3, -0.25) is 4.90 Å². The molecule has 0 atom stereocenters. The van der Waals surface area contributed by atoms with Gasteiger partial charge in [0, 0.05) is 31.7 Å². The van der Waals surface area contributed by atoms with Gasteiger partial charge in [0.15, 0.2) is 0 Å². The van der Waals surface area contributed by atoms with Gasteiger partial charge >= 0.3 is 0 Å². The molecule has 3 heteroatoms. The summed E-state index contributed by atoms with van der Waals surface area (Å²) in [6.07, 6.45) is 0. The first kappa shape index (κ1) is 16.5. The van der Waals surface area contributed by atoms with Crippen molar-refractivity contribution in [3.05, 3.63) is 41.3 Å². The molecule has 1 N–H and O–H groups in total. The van der Waals surface area contributed by atoms with Crippen LogP contribution in [0.25, 0.3) is 0 Å². The fourth-order valence-electron chi connectivity index (χ4n) is 2.71. The van der Waals surface area contributed by atoms with Crippen LogP contribution < -0.4 is 5.32 Å². The van der Waals surface area contributed by atoms with Gasteiger partial charge in [-0.15, -0.1) is 0 Å². The molecule has 0 spiro atoms. The molecular weight excluding hydrogens is 260 g/mol. The summed E-state index contributed by atoms with van der Waals surface area (Å²) in [4.78, 5) is 2.48. The smallest absolute Gasteiger partial charge is 0.0594 e. The Balaban J connectivity index is 1.86. The van der Waals surface area contributed by atoms with Crippen LogP contribution in [-0.2, 0) is 11.3 Å². The average Bonchev–Trinajstić information content (AvgIpc) is 2.46. The van der Waals surface area contributed by atoms with Crippen LogP contribution >= 0.6 is 0 Å². The third kappa shape index (κ3) is 5.42. The number of benzene rings is 1. The molecule has 0 amide bonds. The highest BCUT2D eigenvalue weighted by Crippen LogP contribution is 2.16. The van der Waals surface area contributed by atoms with Crippen molar-refractivity contribution >= 4 is 0 Å². The second-order valence-corrected chi connectivity index (χ2v) is 6.83. The van der Waals surface area contributed by atoms with Crippen molar-refractivity contribution < 1.29 is 4.74 Å². The highest BCUT2D eigenvalue weighted by Gasteiger charge is 2.22. The van der Waals surface area contributed by atoms with E-state index in [2.05, 4.69) is 62.2 Å². The fraction of sp³-hybridized carbons (Fsp3) is 0.611. The Morgan fingerprint density at radius 1 is 1.24 bits per heavy atom. The highest BCUT2D eigenvalue weighted by molar-refractivity contribution is 5.32. The van der Waals surface area contributed by atoms with Crippen LogP contribution in [0.2, 0.25) is 0 Å². The summed E-state index contributed by atoms with van der Waals surface area (Å²) in [5, 5.41) is 3.70. The number of nitrogens with one attached hydrogen (secondary N) is 1. The van der Waals surface area contributed by atoms with Crippen LogP contribution in [0.15, 0.2) is 24.3 Å². The minimum absolute atomic E-state index is 0.109. The van der Waals surface area contributed by atoms with E-state index in [9.17, 15) is 0 Å². The molecule has 0 bridgehead atoms. The molecular formula is C18H29N2O. The zero-order valence-electron chi connectivity index (χ0n) is 13.9. The Hall–Kier alpha value is -0.900. The lowest BCUT2D eigenvalue weighted by Crippen LogP contribution is -2.51. The number of hydrogen-bond acceptors (Lipinski definition) is 3. The van der Waals surface area contributed by atoms with E-state index in [0.29, 0.717) is 0 Å². The van der Waals surface area contributed by atoms with Crippen molar-refractivity contribution in [2.24, 2.45) is 0 Å². The molecule has 0 aromatic heterocycles. The second kappa shape index (κ2) is 7.39. The van der Waals surface area contributed by atoms with Crippen molar-refractivity contribution in [2.75, 3.05) is 32.8 Å². The van der Waals surface area contributed by atoms with Crippen LogP contribution in [0, 0.1) is 5.92 Å². The standard InChI is InChI=1S/C18H29N2O/c1-15(2)17-7-5-6-16(12-17)13-19-18(3,4)14-20-8-10-21-11-9-20/h5-7,12,19H,8-11,13-14H2,1-4H3. The molecule has 21 heavy (non-hydrogen) atoms. The van der Waals surface area contributed by atoms with E-state index in [1.165, 1.54) is 17.0 Å². The number of ether oxygens (including phenoxy) is 1. The summed E-state index contributed by atoms with van der Waals surface area (Å²) in [7, 11) is 0. The van der Waals surface area contributed by atoms with E-state index in [0.717, 1.165) is 39.4 Å². The van der Waals surface area contributed by atoms with Gasteiger partial charge in [0.25, 0.3) is 0 Å². The Morgan fingerprint density at radius 2 is 1.95 bits per heavy atom. The van der Waals surface area contributed by atoms with E-state index in [-0.39, 0.29) is 5.54 Å². The second-order valence-electron chi connectivity index (χ2n) is 6.83. The molecule has 1 aromatic rings. The van der Waals surface area contributed by atoms with Crippen molar-refractivity contribution in [1.29, 1.82) is 0 Å². The molecule has 2 rings (SSSR count). The quantitative estimate of drug-likeness (QED) is 0.871. The van der Waals surface area contributed by atoms with Gasteiger partial charge in [-0.25, -0.2) is 0 Å². The lowest BCUT2D eigenvalue weighted by Gasteiger charge is -2.35. The Labute approximate surface area is 129 Å². The predicted molar refractivity (Wildman–Crippen MR) is 88.3 cm³/mol. The maximum absolute atomic E-state index is 5.41. The highest BCUT2D eigenvalue weighted by atomic mass is 16.5. The summed E-state index contributed by atoms with van der Waals surface area (Å²) in [5.41, 5.74) is 2.79. The summed E-state index contributed by atoms with van der Waals surface area (Å²) in [6.45, 7) is 14.7. The lowest BCUT2D eigenvalue weighted by atomic mass is 9.99. The summed E-state index contributed by atoms with van der Waals surface area (Å²) < 4.78 is 5.41. The molecule has 0 saturated carbocycles. The lowest BCUT2D eigenvalue weighted by molar-refractivity contribution is 0.0269. The van der Waals surface area contributed by atoms with Crippen LogP contribution in [-0.4, -0.2) is 43.3 Å². The summed E-state index contributed by atoms with van der Waals surface area (Å²) in [5.74, 6) is 1.37. The van der Waals surface area contributed by atoms with E-state index in [4.69, 9.17) is 4.74 Å². The maximum Gasteiger partial charge on any atom is 0.0594 e. The molecule has 0 unspecified atom stereocenters. The summed E-state index contributed by atoms with van der Waals surface area (Å²) >= 11 is 0. The van der Waals surface area contributed by atoms with Gasteiger partial charge in [-0.1, -0.05) is 38.1 Å². The first-order chi connectivity index (χ1) is 9.96. The van der Waals surface area contributed by atoms with Gasteiger partial charge in [-0.2, -0.15) is 0 Å². The van der Waals surface area contributed by atoms with Crippen molar-refractivity contribution in [1.82, 2.24) is 10.2 Å². The van der Waals surface area contributed by atoms with Gasteiger partial charge in [0.2, 0.25) is 0 Å². The molecule has 3 nitrogen and oxygen atoms in total. The molecule has 1 radical (unpaired) electrons. The monoisotopic (exact) mass is 289 g/mol. The van der Waals surface area contributed by atoms with Gasteiger partial charge < -0.3 is 10.1 Å². The van der Waals surface area contributed by atoms with E-state index in [1.54, 1.807) is 0 Å². The number of morpholine rings is 1. The topological polar surface area (TPSA) is 24.5 Å². The van der Waals surface area contributed by atoms with Crippen LogP contribution in [0.1, 0.15) is 38.8 Å². The van der Waals surface area contributed by atoms with Crippen LogP contribution in [0.5, 0.6) is 0 Å². The summed E-state index contributed by atoms with van der Waals surface area (Å²) in [6, 6.07) is 8.81. The first-order valence-corrected chi connectivity index (χ1v) is 7.91. The molecule has 1 aliphatic rings. The number of hydrogen-bond donors (Lipinski definition) is 1. The Bertz CT molecular complexity index is 437. The molecule has 1 aliphatic heterocycles. The van der Waals surface area contributed by atoms with Crippen molar-refractivity contribution in [2.45, 2.75) is 39.8 Å². The SMILES string of the molecule is C[C](C)c1cccc(CNC(C)(C)CN2CCOCC2)c1. The van der Waals surface area contributed by atoms with Crippen LogP contribution in [0.4, 0.5) is 0 Å². The maximum atomic E-state index is 5.41. The molecule has 117 valence electrons. The molecule has 1 heterocycles. The number of nitrogens with zero attached hydrogens (tertiary/aromatic N) is 1. The number of rotatable bonds is 6. The predicted octanol–water partition coefficient (Wildman–Crippen LogP) is 2.85. The van der Waals surface area contributed by atoms with E-state index >= 15 is 0 Å². The molecule has 1 aromatic carbocycles. The molecule has 1 saturated heterocycles. The average molecular weight is 289 g/mol. The van der Waals surface area contributed by atoms with Crippen molar-refractivity contribution in [3.8, 4) is 0 Å². The molecule has 1 fully saturated rings. The Morgan fingerprint density at radius 3 is 2.62 bits per heavy atom. The minimum atomic E-state index is 0.109. The fourth-order valence-corrected chi connectivity index (χ4v) is 2.71.